The molecule has 1 saturated carbocycles. The largest absolute Gasteiger partial charge is 0.497 e. The lowest BCUT2D eigenvalue weighted by Crippen LogP contribution is -2.49. The summed E-state index contributed by atoms with van der Waals surface area (Å²) in [6.45, 7) is 0.843. The number of methoxy groups -OCH3 is 2. The molecule has 2 atom stereocenters. The highest BCUT2D eigenvalue weighted by Crippen LogP contribution is 2.36. The molecule has 6 heteroatoms. The molecule has 6 nitrogen and oxygen atoms in total. The Balaban J connectivity index is 1.44. The Labute approximate surface area is 183 Å². The van der Waals surface area contributed by atoms with Gasteiger partial charge in [0.25, 0.3) is 11.8 Å². The number of benzene rings is 2. The van der Waals surface area contributed by atoms with Crippen molar-refractivity contribution in [2.45, 2.75) is 44.6 Å². The Kier molecular flexibility index (Phi) is 6.44. The third-order valence-corrected chi connectivity index (χ3v) is 6.55. The maximum atomic E-state index is 13.2. The van der Waals surface area contributed by atoms with Gasteiger partial charge in [-0.1, -0.05) is 12.8 Å². The van der Waals surface area contributed by atoms with E-state index in [0.29, 0.717) is 40.3 Å². The lowest BCUT2D eigenvalue weighted by atomic mass is 9.78. The van der Waals surface area contributed by atoms with Gasteiger partial charge in [0.15, 0.2) is 0 Å². The van der Waals surface area contributed by atoms with Gasteiger partial charge in [-0.05, 0) is 68.0 Å². The fourth-order valence-corrected chi connectivity index (χ4v) is 4.92. The molecule has 0 spiro atoms. The van der Waals surface area contributed by atoms with E-state index in [2.05, 4.69) is 10.2 Å². The van der Waals surface area contributed by atoms with Gasteiger partial charge in [-0.3, -0.25) is 9.59 Å². The van der Waals surface area contributed by atoms with Crippen LogP contribution < -0.4 is 14.8 Å². The van der Waals surface area contributed by atoms with Crippen LogP contribution in [0.25, 0.3) is 0 Å². The van der Waals surface area contributed by atoms with E-state index < -0.39 is 0 Å². The SMILES string of the molecule is COc1ccc(C(=O)Nc2ccc(C(=O)N3CCC[C@@H]4CCCC[C@@H]43)cc2)c(OC)c1. The molecule has 31 heavy (non-hydrogen) atoms. The molecule has 2 aliphatic rings. The molecule has 0 aromatic heterocycles. The molecule has 1 aliphatic carbocycles. The second-order valence-electron chi connectivity index (χ2n) is 8.35. The van der Waals surface area contributed by atoms with Gasteiger partial charge in [0, 0.05) is 29.9 Å². The van der Waals surface area contributed by atoms with Crippen LogP contribution in [0.3, 0.4) is 0 Å². The number of amides is 2. The van der Waals surface area contributed by atoms with Crippen molar-refractivity contribution < 1.29 is 19.1 Å². The number of nitrogens with zero attached hydrogens (tertiary/aromatic N) is 1. The van der Waals surface area contributed by atoms with Crippen molar-refractivity contribution in [3.63, 3.8) is 0 Å². The monoisotopic (exact) mass is 422 g/mol. The van der Waals surface area contributed by atoms with Gasteiger partial charge < -0.3 is 19.7 Å². The molecule has 1 aliphatic heterocycles. The number of carbonyl (C=O) groups excluding carboxylic acids is 2. The van der Waals surface area contributed by atoms with E-state index in [1.807, 2.05) is 0 Å². The average Bonchev–Trinajstić information content (AvgIpc) is 2.83. The van der Waals surface area contributed by atoms with Crippen LogP contribution in [-0.4, -0.2) is 43.5 Å². The number of rotatable bonds is 5. The van der Waals surface area contributed by atoms with Crippen LogP contribution in [0.5, 0.6) is 11.5 Å². The summed E-state index contributed by atoms with van der Waals surface area (Å²) in [6.07, 6.45) is 7.20. The van der Waals surface area contributed by atoms with E-state index in [4.69, 9.17) is 9.47 Å². The molecule has 1 saturated heterocycles. The van der Waals surface area contributed by atoms with Gasteiger partial charge >= 0.3 is 0 Å². The number of ether oxygens (including phenoxy) is 2. The van der Waals surface area contributed by atoms with Crippen LogP contribution in [0.2, 0.25) is 0 Å². The van der Waals surface area contributed by atoms with Crippen molar-refractivity contribution in [1.29, 1.82) is 0 Å². The highest BCUT2D eigenvalue weighted by Gasteiger charge is 2.35. The van der Waals surface area contributed by atoms with Crippen LogP contribution in [-0.2, 0) is 0 Å². The summed E-state index contributed by atoms with van der Waals surface area (Å²) in [6, 6.07) is 12.6. The van der Waals surface area contributed by atoms with E-state index in [9.17, 15) is 9.59 Å². The van der Waals surface area contributed by atoms with Crippen LogP contribution in [0.4, 0.5) is 5.69 Å². The quantitative estimate of drug-likeness (QED) is 0.755. The van der Waals surface area contributed by atoms with Crippen molar-refractivity contribution in [2.75, 3.05) is 26.1 Å². The molecule has 0 bridgehead atoms. The zero-order chi connectivity index (χ0) is 21.8. The normalized spacial score (nSPS) is 20.5. The summed E-state index contributed by atoms with van der Waals surface area (Å²) in [7, 11) is 3.08. The molecular weight excluding hydrogens is 392 g/mol. The Morgan fingerprint density at radius 3 is 2.42 bits per heavy atom. The fourth-order valence-electron chi connectivity index (χ4n) is 4.92. The minimum atomic E-state index is -0.278. The van der Waals surface area contributed by atoms with Gasteiger partial charge in [-0.25, -0.2) is 0 Å². The van der Waals surface area contributed by atoms with Crippen molar-refractivity contribution in [3.8, 4) is 11.5 Å². The van der Waals surface area contributed by atoms with Gasteiger partial charge in [-0.2, -0.15) is 0 Å². The van der Waals surface area contributed by atoms with Crippen molar-refractivity contribution in [3.05, 3.63) is 53.6 Å². The molecule has 4 rings (SSSR count). The standard InChI is InChI=1S/C25H30N2O4/c1-30-20-13-14-21(23(16-20)31-2)24(28)26-19-11-9-18(10-12-19)25(29)27-15-5-7-17-6-3-4-8-22(17)27/h9-14,16-17,22H,3-8,15H2,1-2H3,(H,26,28)/t17-,22-/m0/s1. The number of hydrogen-bond donors (Lipinski definition) is 1. The highest BCUT2D eigenvalue weighted by atomic mass is 16.5. The van der Waals surface area contributed by atoms with E-state index in [0.717, 1.165) is 19.4 Å². The lowest BCUT2D eigenvalue weighted by molar-refractivity contribution is 0.0390. The smallest absolute Gasteiger partial charge is 0.259 e. The molecule has 1 N–H and O–H groups in total. The predicted molar refractivity (Wildman–Crippen MR) is 120 cm³/mol. The summed E-state index contributed by atoms with van der Waals surface area (Å²) >= 11 is 0. The predicted octanol–water partition coefficient (Wildman–Crippen LogP) is 4.75. The topological polar surface area (TPSA) is 67.9 Å². The first-order chi connectivity index (χ1) is 15.1. The molecule has 1 heterocycles. The number of fused-ring (bicyclic) bond motifs is 1. The number of hydrogen-bond acceptors (Lipinski definition) is 4. The number of carbonyl (C=O) groups is 2. The van der Waals surface area contributed by atoms with E-state index in [1.165, 1.54) is 32.8 Å². The number of anilines is 1. The Hall–Kier alpha value is -3.02. The van der Waals surface area contributed by atoms with Crippen molar-refractivity contribution in [1.82, 2.24) is 4.90 Å². The van der Waals surface area contributed by atoms with Crippen LogP contribution in [0, 0.1) is 5.92 Å². The van der Waals surface area contributed by atoms with E-state index in [-0.39, 0.29) is 11.8 Å². The maximum Gasteiger partial charge on any atom is 0.259 e. The molecule has 164 valence electrons. The zero-order valence-corrected chi connectivity index (χ0v) is 18.2. The van der Waals surface area contributed by atoms with Crippen molar-refractivity contribution >= 4 is 17.5 Å². The third-order valence-electron chi connectivity index (χ3n) is 6.55. The van der Waals surface area contributed by atoms with Crippen molar-refractivity contribution in [2.24, 2.45) is 5.92 Å². The van der Waals surface area contributed by atoms with Crippen LogP contribution in [0.1, 0.15) is 59.2 Å². The molecule has 2 fully saturated rings. The molecule has 2 aromatic rings. The third kappa shape index (κ3) is 4.53. The number of likely N-dealkylation sites (tertiary alicyclic amines) is 1. The Morgan fingerprint density at radius 2 is 1.68 bits per heavy atom. The summed E-state index contributed by atoms with van der Waals surface area (Å²) in [4.78, 5) is 28.0. The van der Waals surface area contributed by atoms with Gasteiger partial charge in [-0.15, -0.1) is 0 Å². The number of nitrogens with one attached hydrogen (secondary N) is 1. The Morgan fingerprint density at radius 1 is 0.935 bits per heavy atom. The highest BCUT2D eigenvalue weighted by molar-refractivity contribution is 6.06. The molecular formula is C25H30N2O4. The maximum absolute atomic E-state index is 13.2. The second-order valence-corrected chi connectivity index (χ2v) is 8.35. The fraction of sp³-hybridized carbons (Fsp3) is 0.440. The first-order valence-electron chi connectivity index (χ1n) is 11.0. The first kappa shape index (κ1) is 21.2. The zero-order valence-electron chi connectivity index (χ0n) is 18.2. The summed E-state index contributed by atoms with van der Waals surface area (Å²) in [5.41, 5.74) is 1.72. The minimum absolute atomic E-state index is 0.103. The summed E-state index contributed by atoms with van der Waals surface area (Å²) < 4.78 is 10.5. The molecule has 2 aromatic carbocycles. The molecule has 0 radical (unpaired) electrons. The lowest BCUT2D eigenvalue weighted by Gasteiger charge is -2.44. The van der Waals surface area contributed by atoms with E-state index >= 15 is 0 Å². The van der Waals surface area contributed by atoms with Gasteiger partial charge in [0.05, 0.1) is 19.8 Å². The number of piperidine rings is 1. The van der Waals surface area contributed by atoms with Crippen LogP contribution in [0.15, 0.2) is 42.5 Å². The molecule has 2 amide bonds. The average molecular weight is 423 g/mol. The summed E-state index contributed by atoms with van der Waals surface area (Å²) in [5.74, 6) is 1.54. The summed E-state index contributed by atoms with van der Waals surface area (Å²) in [5, 5.41) is 2.88. The van der Waals surface area contributed by atoms with Gasteiger partial charge in [0.2, 0.25) is 0 Å². The van der Waals surface area contributed by atoms with Gasteiger partial charge in [0.1, 0.15) is 11.5 Å². The second kappa shape index (κ2) is 9.41. The molecule has 0 unspecified atom stereocenters. The minimum Gasteiger partial charge on any atom is -0.497 e. The van der Waals surface area contributed by atoms with Crippen LogP contribution >= 0.6 is 0 Å². The van der Waals surface area contributed by atoms with E-state index in [1.54, 1.807) is 49.6 Å². The first-order valence-corrected chi connectivity index (χ1v) is 11.0. The Bertz CT molecular complexity index is 939.